The van der Waals surface area contributed by atoms with Gasteiger partial charge in [0.2, 0.25) is 0 Å². The van der Waals surface area contributed by atoms with Gasteiger partial charge in [-0.2, -0.15) is 15.3 Å². The molecule has 0 saturated carbocycles. The third-order valence-corrected chi connectivity index (χ3v) is 20.5. The molecule has 0 atom stereocenters. The minimum Gasteiger partial charge on any atom is -0.351 e. The Morgan fingerprint density at radius 3 is 1.07 bits per heavy atom. The van der Waals surface area contributed by atoms with Crippen molar-refractivity contribution in [1.29, 1.82) is 0 Å². The summed E-state index contributed by atoms with van der Waals surface area (Å²) in [5.74, 6) is 0.894. The van der Waals surface area contributed by atoms with Crippen LogP contribution in [0.5, 0.6) is 0 Å². The number of nitrogens with one attached hydrogen (secondary N) is 4. The zero-order valence-corrected chi connectivity index (χ0v) is 66.3. The van der Waals surface area contributed by atoms with Gasteiger partial charge in [0.25, 0.3) is 0 Å². The van der Waals surface area contributed by atoms with Crippen LogP contribution in [0.3, 0.4) is 0 Å². The maximum atomic E-state index is 15.7. The fourth-order valence-corrected chi connectivity index (χ4v) is 14.0. The van der Waals surface area contributed by atoms with Crippen LogP contribution in [0.1, 0.15) is 164 Å². The second-order valence-corrected chi connectivity index (χ2v) is 29.6. The SMILES string of the molecule is C#CC(C)(C)Cl.C#CC(C)(C)N1CCc2nn(-c3c(CC)cccc3CC)c(-c3cc(F)c(NC(N)=O)cc3F)c2C1.CCc1cccc(CC)c1-n1nc2c(c1-c1cc(F)c(NC(N)=O)cc1F)CN(C(C)(C)CC)CC2.CCc1cccc(CC)c1-n1nc2c(c1-c1cc(F)c(NC(N)=O)cc1F)CNCC2.Cl. The molecule has 12 rings (SSSR count). The number of para-hydroxylation sites is 3. The van der Waals surface area contributed by atoms with Crippen LogP contribution in [-0.2, 0) is 77.4 Å². The second kappa shape index (κ2) is 36.2. The minimum absolute atomic E-state index is 0. The Morgan fingerprint density at radius 1 is 0.482 bits per heavy atom. The molecule has 26 heteroatoms. The lowest BCUT2D eigenvalue weighted by Crippen LogP contribution is -2.46. The molecule has 6 aromatic carbocycles. The van der Waals surface area contributed by atoms with Crippen molar-refractivity contribution in [2.75, 3.05) is 35.6 Å². The number of nitrogens with zero attached hydrogens (tertiary/aromatic N) is 8. The van der Waals surface area contributed by atoms with Gasteiger partial charge in [0.15, 0.2) is 0 Å². The second-order valence-electron chi connectivity index (χ2n) is 28.6. The van der Waals surface area contributed by atoms with Crippen LogP contribution in [0.4, 0.5) is 57.8 Å². The molecular formula is C84H99Cl2F6N15O3. The molecule has 3 aliphatic heterocycles. The van der Waals surface area contributed by atoms with Gasteiger partial charge in [0.1, 0.15) is 34.9 Å². The number of anilines is 3. The molecule has 0 bridgehead atoms. The van der Waals surface area contributed by atoms with Gasteiger partial charge in [-0.1, -0.05) is 115 Å². The van der Waals surface area contributed by atoms with Gasteiger partial charge in [-0.15, -0.1) is 36.9 Å². The molecule has 6 heterocycles. The molecule has 0 radical (unpaired) electrons. The average Bonchev–Trinajstić information content (AvgIpc) is 1.59. The van der Waals surface area contributed by atoms with Crippen LogP contribution in [0.2, 0.25) is 0 Å². The van der Waals surface area contributed by atoms with E-state index in [0.29, 0.717) is 56.1 Å². The highest BCUT2D eigenvalue weighted by Crippen LogP contribution is 2.43. The van der Waals surface area contributed by atoms with E-state index in [1.165, 1.54) is 0 Å². The molecule has 110 heavy (non-hydrogen) atoms. The number of rotatable bonds is 18. The Bertz CT molecular complexity index is 4920. The van der Waals surface area contributed by atoms with Crippen LogP contribution in [0.15, 0.2) is 91.0 Å². The maximum Gasteiger partial charge on any atom is 0.316 e. The van der Waals surface area contributed by atoms with E-state index in [1.54, 1.807) is 23.2 Å². The summed E-state index contributed by atoms with van der Waals surface area (Å²) in [6, 6.07) is 21.7. The molecule has 9 aromatic rings. The third kappa shape index (κ3) is 18.7. The largest absolute Gasteiger partial charge is 0.351 e. The van der Waals surface area contributed by atoms with E-state index >= 15 is 22.0 Å². The number of hydrogen-bond donors (Lipinski definition) is 7. The molecule has 18 nitrogen and oxygen atoms in total. The average molecular weight is 1550 g/mol. The summed E-state index contributed by atoms with van der Waals surface area (Å²) >= 11 is 5.48. The van der Waals surface area contributed by atoms with Gasteiger partial charge in [-0.25, -0.2) is 54.8 Å². The molecular weight excluding hydrogens is 1450 g/mol. The number of carbonyl (C=O) groups is 3. The zero-order chi connectivity index (χ0) is 79.7. The predicted molar refractivity (Wildman–Crippen MR) is 430 cm³/mol. The topological polar surface area (TPSA) is 237 Å². The fraction of sp³-hybridized carbons (Fsp3) is 0.381. The van der Waals surface area contributed by atoms with E-state index in [0.717, 1.165) is 185 Å². The first-order valence-corrected chi connectivity index (χ1v) is 37.3. The molecule has 0 spiro atoms. The lowest BCUT2D eigenvalue weighted by molar-refractivity contribution is 0.100. The van der Waals surface area contributed by atoms with Crippen molar-refractivity contribution in [3.05, 3.63) is 193 Å². The van der Waals surface area contributed by atoms with Gasteiger partial charge in [0, 0.05) is 116 Å². The van der Waals surface area contributed by atoms with E-state index in [2.05, 4.69) is 117 Å². The molecule has 0 aliphatic carbocycles. The highest BCUT2D eigenvalue weighted by Gasteiger charge is 2.37. The number of amides is 6. The number of aryl methyl sites for hydroxylation is 6. The van der Waals surface area contributed by atoms with Gasteiger partial charge < -0.3 is 38.5 Å². The summed E-state index contributed by atoms with van der Waals surface area (Å²) in [6.07, 6.45) is 18.4. The molecule has 584 valence electrons. The van der Waals surface area contributed by atoms with Gasteiger partial charge in [-0.05, 0) is 138 Å². The lowest BCUT2D eigenvalue weighted by Gasteiger charge is -2.40. The number of benzene rings is 6. The van der Waals surface area contributed by atoms with Crippen molar-refractivity contribution in [3.63, 3.8) is 0 Å². The maximum absolute atomic E-state index is 15.7. The summed E-state index contributed by atoms with van der Waals surface area (Å²) < 4.78 is 96.8. The van der Waals surface area contributed by atoms with Gasteiger partial charge in [-0.3, -0.25) is 9.80 Å². The molecule has 0 fully saturated rings. The van der Waals surface area contributed by atoms with Crippen molar-refractivity contribution in [2.45, 2.75) is 190 Å². The van der Waals surface area contributed by atoms with E-state index in [9.17, 15) is 18.8 Å². The number of terminal acetylenes is 2. The first-order valence-electron chi connectivity index (χ1n) is 36.9. The van der Waals surface area contributed by atoms with E-state index < -0.39 is 63.4 Å². The molecule has 3 aromatic heterocycles. The number of nitrogens with two attached hydrogens (primary N) is 3. The van der Waals surface area contributed by atoms with E-state index in [-0.39, 0.29) is 51.7 Å². The van der Waals surface area contributed by atoms with E-state index in [4.69, 9.17) is 56.9 Å². The van der Waals surface area contributed by atoms with Crippen LogP contribution in [0.25, 0.3) is 50.8 Å². The van der Waals surface area contributed by atoms with Crippen molar-refractivity contribution < 1.29 is 40.7 Å². The number of aromatic nitrogens is 6. The Labute approximate surface area is 652 Å². The smallest absolute Gasteiger partial charge is 0.316 e. The summed E-state index contributed by atoms with van der Waals surface area (Å²) in [5, 5.41) is 24.5. The van der Waals surface area contributed by atoms with Gasteiger partial charge in [0.05, 0.1) is 78.7 Å². The summed E-state index contributed by atoms with van der Waals surface area (Å²) in [6.45, 7) is 30.3. The lowest BCUT2D eigenvalue weighted by atomic mass is 9.93. The zero-order valence-electron chi connectivity index (χ0n) is 64.7. The Hall–Kier alpha value is -10.1. The molecule has 6 amide bonds. The minimum atomic E-state index is -0.972. The number of carbonyl (C=O) groups excluding carboxylic acids is 3. The molecule has 3 aliphatic rings. The number of alkyl halides is 1. The number of halogens is 8. The third-order valence-electron chi connectivity index (χ3n) is 20.4. The number of hydrogen-bond acceptors (Lipinski definition) is 9. The summed E-state index contributed by atoms with van der Waals surface area (Å²) in [5.41, 5.74) is 30.1. The number of urea groups is 3. The van der Waals surface area contributed by atoms with Crippen LogP contribution in [-0.4, -0.2) is 92.8 Å². The van der Waals surface area contributed by atoms with Crippen LogP contribution < -0.4 is 38.5 Å². The number of primary amides is 3. The predicted octanol–water partition coefficient (Wildman–Crippen LogP) is 17.3. The summed E-state index contributed by atoms with van der Waals surface area (Å²) in [4.78, 5) is 37.7. The fourth-order valence-electron chi connectivity index (χ4n) is 14.0. The van der Waals surface area contributed by atoms with Crippen LogP contribution in [0, 0.1) is 59.6 Å². The highest BCUT2D eigenvalue weighted by molar-refractivity contribution is 6.25. The van der Waals surface area contributed by atoms with Crippen molar-refractivity contribution in [2.24, 2.45) is 17.2 Å². The Morgan fingerprint density at radius 2 is 0.782 bits per heavy atom. The molecule has 10 N–H and O–H groups in total. The van der Waals surface area contributed by atoms with Crippen molar-refractivity contribution in [1.82, 2.24) is 44.5 Å². The quantitative estimate of drug-likeness (QED) is 0.0245. The van der Waals surface area contributed by atoms with Gasteiger partial charge >= 0.3 is 18.1 Å². The molecule has 0 saturated heterocycles. The normalized spacial score (nSPS) is 13.4. The first kappa shape index (κ1) is 85.5. The Balaban J connectivity index is 0.000000199. The monoisotopic (exact) mass is 1550 g/mol. The van der Waals surface area contributed by atoms with Crippen molar-refractivity contribution >= 4 is 59.2 Å². The van der Waals surface area contributed by atoms with Crippen LogP contribution >= 0.6 is 24.0 Å². The summed E-state index contributed by atoms with van der Waals surface area (Å²) in [7, 11) is 0. The first-order chi connectivity index (χ1) is 51.7. The Kier molecular flexibility index (Phi) is 28.1. The number of fused-ring (bicyclic) bond motifs is 3. The standard InChI is InChI=1S/C28H35F2N5O.C28H31F2N5O.C23H25F2N5O.C5H7Cl.ClH/c2*1-6-17-10-9-11-18(7-2)25(17)35-26(19-14-22(30)24(15-21(19)29)32-27(31)36)20-16-34(28(4,5)8-3)13-12-23(20)33-35;1-3-13-6-5-7-14(4-2)21(13)30-22(16-12-27-9-8-19(16)29-30)15-10-18(25)20(11-17(15)24)28-23(26)31;1-4-5(2,3)6;/h9-11,14-15H,6-8,12-13,16H2,1-5H3,(H3,31,32,36);3,9-11,14-15H,6-7,12-13,16H2,1-2,4-5H3,(H3,31,32,36);5-7,10-11,27H,3-4,8-9,12H2,1-2H3,(H3,26,28,31);1H,2-3H3;1H. The molecule has 0 unspecified atom stereocenters. The highest BCUT2D eigenvalue weighted by atomic mass is 35.5. The van der Waals surface area contributed by atoms with Crippen molar-refractivity contribution in [3.8, 4) is 75.5 Å². The van der Waals surface area contributed by atoms with E-state index in [1.807, 2.05) is 61.0 Å².